The first-order valence-corrected chi connectivity index (χ1v) is 2.73. The molecular formula is C6H8FN. The minimum absolute atomic E-state index is 0.109. The van der Waals surface area contributed by atoms with Crippen LogP contribution in [0.15, 0.2) is 17.0 Å². The predicted octanol–water partition coefficient (Wildman–Crippen LogP) is 2.05. The van der Waals surface area contributed by atoms with Crippen LogP contribution >= 0.6 is 0 Å². The van der Waals surface area contributed by atoms with Crippen LogP contribution < -0.4 is 0 Å². The van der Waals surface area contributed by atoms with Crippen molar-refractivity contribution in [2.45, 2.75) is 19.8 Å². The summed E-state index contributed by atoms with van der Waals surface area (Å²) >= 11 is 0. The monoisotopic (exact) mass is 113 g/mol. The molecule has 0 aromatic heterocycles. The molecule has 1 aliphatic rings. The molecule has 0 aromatic carbocycles. The van der Waals surface area contributed by atoms with E-state index in [2.05, 4.69) is 4.99 Å². The Kier molecular flexibility index (Phi) is 1.42. The van der Waals surface area contributed by atoms with E-state index in [4.69, 9.17) is 0 Å². The van der Waals surface area contributed by atoms with Crippen molar-refractivity contribution in [3.05, 3.63) is 12.0 Å². The smallest absolute Gasteiger partial charge is 0.124 e. The molecule has 1 heterocycles. The maximum absolute atomic E-state index is 12.1. The van der Waals surface area contributed by atoms with Crippen molar-refractivity contribution < 1.29 is 4.39 Å². The molecule has 1 nitrogen and oxygen atoms in total. The molecular weight excluding hydrogens is 105 g/mol. The molecule has 0 radical (unpaired) electrons. The summed E-state index contributed by atoms with van der Waals surface area (Å²) in [5.74, 6) is -0.109. The average molecular weight is 113 g/mol. The van der Waals surface area contributed by atoms with E-state index >= 15 is 0 Å². The topological polar surface area (TPSA) is 12.4 Å². The molecule has 0 saturated heterocycles. The number of nitrogens with zero attached hydrogens (tertiary/aromatic N) is 1. The molecule has 0 spiro atoms. The number of aliphatic imine (C=N–C) groups is 1. The summed E-state index contributed by atoms with van der Waals surface area (Å²) in [6.45, 7) is 1.98. The Morgan fingerprint density at radius 1 is 1.88 bits per heavy atom. The van der Waals surface area contributed by atoms with Gasteiger partial charge in [-0.1, -0.05) is 6.92 Å². The first-order chi connectivity index (χ1) is 3.83. The van der Waals surface area contributed by atoms with Crippen LogP contribution in [0, 0.1) is 0 Å². The summed E-state index contributed by atoms with van der Waals surface area (Å²) in [6, 6.07) is 0. The summed E-state index contributed by atoms with van der Waals surface area (Å²) in [6.07, 6.45) is 2.60. The summed E-state index contributed by atoms with van der Waals surface area (Å²) in [5.41, 5.74) is 0.947. The van der Waals surface area contributed by atoms with Crippen LogP contribution in [0.4, 0.5) is 4.39 Å². The molecule has 0 fully saturated rings. The second kappa shape index (κ2) is 2.07. The Balaban J connectivity index is 2.49. The van der Waals surface area contributed by atoms with Crippen molar-refractivity contribution in [2.75, 3.05) is 0 Å². The third kappa shape index (κ3) is 0.941. The zero-order chi connectivity index (χ0) is 5.98. The predicted molar refractivity (Wildman–Crippen MR) is 31.5 cm³/mol. The van der Waals surface area contributed by atoms with Gasteiger partial charge in [-0.05, 0) is 6.42 Å². The van der Waals surface area contributed by atoms with Gasteiger partial charge in [0, 0.05) is 12.1 Å². The Labute approximate surface area is 47.9 Å². The van der Waals surface area contributed by atoms with Crippen molar-refractivity contribution in [1.29, 1.82) is 0 Å². The molecule has 2 heteroatoms. The van der Waals surface area contributed by atoms with Gasteiger partial charge in [0.25, 0.3) is 0 Å². The normalized spacial score (nSPS) is 18.2. The van der Waals surface area contributed by atoms with Crippen LogP contribution in [0.5, 0.6) is 0 Å². The Morgan fingerprint density at radius 2 is 2.62 bits per heavy atom. The van der Waals surface area contributed by atoms with Gasteiger partial charge in [0.15, 0.2) is 0 Å². The van der Waals surface area contributed by atoms with Crippen LogP contribution in [0.25, 0.3) is 0 Å². The minimum Gasteiger partial charge on any atom is -0.263 e. The molecule has 1 aliphatic heterocycles. The Hall–Kier alpha value is -0.660. The van der Waals surface area contributed by atoms with Gasteiger partial charge in [-0.2, -0.15) is 0 Å². The highest BCUT2D eigenvalue weighted by molar-refractivity contribution is 5.88. The Morgan fingerprint density at radius 3 is 2.88 bits per heavy atom. The van der Waals surface area contributed by atoms with Gasteiger partial charge < -0.3 is 0 Å². The van der Waals surface area contributed by atoms with Gasteiger partial charge in [-0.15, -0.1) is 0 Å². The molecule has 0 aromatic rings. The Bertz CT molecular complexity index is 147. The maximum atomic E-state index is 12.1. The fourth-order valence-electron chi connectivity index (χ4n) is 0.664. The quantitative estimate of drug-likeness (QED) is 0.493. The van der Waals surface area contributed by atoms with E-state index < -0.39 is 0 Å². The number of halogens is 1. The summed E-state index contributed by atoms with van der Waals surface area (Å²) in [5, 5.41) is 0. The van der Waals surface area contributed by atoms with Crippen LogP contribution in [0.3, 0.4) is 0 Å². The van der Waals surface area contributed by atoms with Crippen LogP contribution in [-0.4, -0.2) is 5.71 Å². The summed E-state index contributed by atoms with van der Waals surface area (Å²) < 4.78 is 12.1. The van der Waals surface area contributed by atoms with Gasteiger partial charge in [0.05, 0.1) is 6.20 Å². The highest BCUT2D eigenvalue weighted by Crippen LogP contribution is 2.13. The van der Waals surface area contributed by atoms with Gasteiger partial charge in [0.1, 0.15) is 5.83 Å². The molecule has 0 bridgehead atoms. The van der Waals surface area contributed by atoms with E-state index in [-0.39, 0.29) is 5.83 Å². The van der Waals surface area contributed by atoms with Gasteiger partial charge in [-0.3, -0.25) is 4.99 Å². The lowest BCUT2D eigenvalue weighted by Gasteiger charge is -1.88. The molecule has 44 valence electrons. The average Bonchev–Trinajstić information content (AvgIpc) is 2.14. The minimum atomic E-state index is -0.109. The molecule has 0 saturated carbocycles. The molecule has 1 rings (SSSR count). The van der Waals surface area contributed by atoms with E-state index in [0.29, 0.717) is 6.42 Å². The molecule has 0 unspecified atom stereocenters. The maximum Gasteiger partial charge on any atom is 0.124 e. The first-order valence-electron chi connectivity index (χ1n) is 2.73. The third-order valence-corrected chi connectivity index (χ3v) is 1.17. The van der Waals surface area contributed by atoms with E-state index in [1.807, 2.05) is 6.92 Å². The number of rotatable bonds is 1. The highest BCUT2D eigenvalue weighted by atomic mass is 19.1. The van der Waals surface area contributed by atoms with Crippen molar-refractivity contribution in [2.24, 2.45) is 4.99 Å². The van der Waals surface area contributed by atoms with Crippen molar-refractivity contribution in [3.63, 3.8) is 0 Å². The first kappa shape index (κ1) is 5.48. The van der Waals surface area contributed by atoms with Crippen LogP contribution in [0.1, 0.15) is 19.8 Å². The second-order valence-corrected chi connectivity index (χ2v) is 1.80. The van der Waals surface area contributed by atoms with Crippen molar-refractivity contribution in [3.8, 4) is 0 Å². The van der Waals surface area contributed by atoms with Crippen molar-refractivity contribution in [1.82, 2.24) is 0 Å². The largest absolute Gasteiger partial charge is 0.263 e. The number of allylic oxidation sites excluding steroid dienone is 1. The lowest BCUT2D eigenvalue weighted by Crippen LogP contribution is -1.88. The summed E-state index contributed by atoms with van der Waals surface area (Å²) in [4.78, 5) is 3.81. The lowest BCUT2D eigenvalue weighted by molar-refractivity contribution is 0.627. The lowest BCUT2D eigenvalue weighted by atomic mass is 10.2. The molecule has 0 atom stereocenters. The molecule has 0 N–H and O–H groups in total. The number of hydrogen-bond donors (Lipinski definition) is 0. The number of hydrogen-bond acceptors (Lipinski definition) is 1. The highest BCUT2D eigenvalue weighted by Gasteiger charge is 2.05. The molecule has 0 aliphatic carbocycles. The zero-order valence-electron chi connectivity index (χ0n) is 4.82. The molecule has 8 heavy (non-hydrogen) atoms. The van der Waals surface area contributed by atoms with Crippen LogP contribution in [-0.2, 0) is 0 Å². The van der Waals surface area contributed by atoms with E-state index in [1.54, 1.807) is 0 Å². The second-order valence-electron chi connectivity index (χ2n) is 1.80. The van der Waals surface area contributed by atoms with Gasteiger partial charge in [-0.25, -0.2) is 4.39 Å². The van der Waals surface area contributed by atoms with Gasteiger partial charge in [0.2, 0.25) is 0 Å². The molecule has 0 amide bonds. The van der Waals surface area contributed by atoms with E-state index in [1.165, 1.54) is 6.20 Å². The third-order valence-electron chi connectivity index (χ3n) is 1.17. The van der Waals surface area contributed by atoms with Crippen LogP contribution in [0.2, 0.25) is 0 Å². The van der Waals surface area contributed by atoms with Gasteiger partial charge >= 0.3 is 0 Å². The SMILES string of the molecule is CCC1=NC=C(F)C1. The fourth-order valence-corrected chi connectivity index (χ4v) is 0.664. The van der Waals surface area contributed by atoms with E-state index in [0.717, 1.165) is 12.1 Å². The van der Waals surface area contributed by atoms with Crippen molar-refractivity contribution >= 4 is 5.71 Å². The van der Waals surface area contributed by atoms with E-state index in [9.17, 15) is 4.39 Å². The fraction of sp³-hybridized carbons (Fsp3) is 0.500. The standard InChI is InChI=1S/C6H8FN/c1-2-6-3-5(7)4-8-6/h4H,2-3H2,1H3. The zero-order valence-corrected chi connectivity index (χ0v) is 4.82. The summed E-state index contributed by atoms with van der Waals surface area (Å²) in [7, 11) is 0.